The summed E-state index contributed by atoms with van der Waals surface area (Å²) in [6, 6.07) is 6.02. The predicted molar refractivity (Wildman–Crippen MR) is 82.6 cm³/mol. The molecular weight excluding hydrogens is 272 g/mol. The van der Waals surface area contributed by atoms with Crippen molar-refractivity contribution in [2.24, 2.45) is 21.0 Å². The third kappa shape index (κ3) is 3.50. The summed E-state index contributed by atoms with van der Waals surface area (Å²) in [5.74, 6) is 0.215. The third-order valence-corrected chi connectivity index (χ3v) is 2.73. The molecule has 0 spiro atoms. The maximum absolute atomic E-state index is 10.7. The fourth-order valence-electron chi connectivity index (χ4n) is 1.70. The van der Waals surface area contributed by atoms with Gasteiger partial charge in [-0.2, -0.15) is 10.2 Å². The molecule has 0 fully saturated rings. The van der Waals surface area contributed by atoms with E-state index in [-0.39, 0.29) is 11.5 Å². The van der Waals surface area contributed by atoms with E-state index in [0.717, 1.165) is 6.42 Å². The molecule has 8 heteroatoms. The topological polar surface area (TPSA) is 118 Å². The number of nitrogens with two attached hydrogens (primary N) is 1. The lowest BCUT2D eigenvalue weighted by molar-refractivity contribution is -0.384. The molecule has 0 amide bonds. The van der Waals surface area contributed by atoms with E-state index >= 15 is 0 Å². The molecule has 1 aliphatic rings. The number of allylic oxidation sites excluding steroid dienone is 1. The Labute approximate surface area is 120 Å². The molecule has 0 saturated heterocycles. The standard InChI is InChI=1S/C13H14N6O2/c1-2-3-7-11-12(13(14)18-16-11)17-15-9-5-4-6-10(8-9)19(20)21/h2,4-6,8,15H,1,3,7H2,(H2,14,17,18). The second kappa shape index (κ2) is 6.42. The van der Waals surface area contributed by atoms with Gasteiger partial charge in [-0.1, -0.05) is 12.1 Å². The highest BCUT2D eigenvalue weighted by Gasteiger charge is 2.19. The summed E-state index contributed by atoms with van der Waals surface area (Å²) in [5, 5.41) is 22.6. The van der Waals surface area contributed by atoms with Crippen molar-refractivity contribution in [3.63, 3.8) is 0 Å². The molecule has 1 heterocycles. The third-order valence-electron chi connectivity index (χ3n) is 2.73. The fourth-order valence-corrected chi connectivity index (χ4v) is 1.70. The zero-order chi connectivity index (χ0) is 15.2. The van der Waals surface area contributed by atoms with Gasteiger partial charge in [0.15, 0.2) is 11.5 Å². The van der Waals surface area contributed by atoms with Crippen LogP contribution in [0.2, 0.25) is 0 Å². The highest BCUT2D eigenvalue weighted by atomic mass is 16.6. The lowest BCUT2D eigenvalue weighted by Crippen LogP contribution is -2.28. The number of amidine groups is 1. The summed E-state index contributed by atoms with van der Waals surface area (Å²) < 4.78 is 0. The Morgan fingerprint density at radius 1 is 1.48 bits per heavy atom. The van der Waals surface area contributed by atoms with Crippen molar-refractivity contribution >= 4 is 28.6 Å². The Morgan fingerprint density at radius 2 is 2.29 bits per heavy atom. The van der Waals surface area contributed by atoms with E-state index in [1.54, 1.807) is 18.2 Å². The molecule has 2 rings (SSSR count). The number of nitro benzene ring substituents is 1. The molecule has 0 bridgehead atoms. The zero-order valence-corrected chi connectivity index (χ0v) is 11.2. The first-order valence-corrected chi connectivity index (χ1v) is 6.21. The lowest BCUT2D eigenvalue weighted by Gasteiger charge is -2.04. The van der Waals surface area contributed by atoms with Crippen molar-refractivity contribution in [2.75, 3.05) is 5.43 Å². The van der Waals surface area contributed by atoms with Crippen LogP contribution >= 0.6 is 0 Å². The Balaban J connectivity index is 2.14. The molecule has 108 valence electrons. The van der Waals surface area contributed by atoms with Gasteiger partial charge in [-0.3, -0.25) is 15.5 Å². The summed E-state index contributed by atoms with van der Waals surface area (Å²) in [7, 11) is 0. The maximum Gasteiger partial charge on any atom is 0.271 e. The minimum atomic E-state index is -0.472. The molecular formula is C13H14N6O2. The number of nitro groups is 1. The number of hydrogen-bond donors (Lipinski definition) is 2. The molecule has 0 aliphatic carbocycles. The van der Waals surface area contributed by atoms with Gasteiger partial charge in [0.1, 0.15) is 0 Å². The van der Waals surface area contributed by atoms with Gasteiger partial charge in [0.25, 0.3) is 5.69 Å². The number of nitrogens with one attached hydrogen (secondary N) is 1. The quantitative estimate of drug-likeness (QED) is 0.472. The summed E-state index contributed by atoms with van der Waals surface area (Å²) in [5.41, 5.74) is 10.0. The number of anilines is 1. The van der Waals surface area contributed by atoms with E-state index in [2.05, 4.69) is 27.3 Å². The van der Waals surface area contributed by atoms with Crippen LogP contribution in [0.3, 0.4) is 0 Å². The summed E-state index contributed by atoms with van der Waals surface area (Å²) in [4.78, 5) is 10.2. The van der Waals surface area contributed by atoms with Crippen LogP contribution < -0.4 is 11.2 Å². The van der Waals surface area contributed by atoms with Crippen LogP contribution in [0.25, 0.3) is 0 Å². The lowest BCUT2D eigenvalue weighted by atomic mass is 10.1. The largest absolute Gasteiger partial charge is 0.380 e. The number of hydrazone groups is 1. The van der Waals surface area contributed by atoms with Crippen LogP contribution in [0.4, 0.5) is 11.4 Å². The van der Waals surface area contributed by atoms with Crippen LogP contribution in [0.15, 0.2) is 52.2 Å². The number of benzene rings is 1. The normalized spacial score (nSPS) is 15.5. The monoisotopic (exact) mass is 286 g/mol. The smallest absolute Gasteiger partial charge is 0.271 e. The first-order chi connectivity index (χ1) is 10.1. The van der Waals surface area contributed by atoms with E-state index in [4.69, 9.17) is 5.73 Å². The fraction of sp³-hybridized carbons (Fsp3) is 0.154. The van der Waals surface area contributed by atoms with Crippen LogP contribution in [-0.2, 0) is 0 Å². The van der Waals surface area contributed by atoms with E-state index in [9.17, 15) is 10.1 Å². The number of rotatable bonds is 6. The molecule has 0 aromatic heterocycles. The first-order valence-electron chi connectivity index (χ1n) is 6.21. The van der Waals surface area contributed by atoms with Crippen LogP contribution in [-0.4, -0.2) is 22.2 Å². The van der Waals surface area contributed by atoms with Gasteiger partial charge in [0.05, 0.1) is 16.3 Å². The molecule has 0 saturated carbocycles. The highest BCUT2D eigenvalue weighted by Crippen LogP contribution is 2.17. The molecule has 8 nitrogen and oxygen atoms in total. The maximum atomic E-state index is 10.7. The van der Waals surface area contributed by atoms with Crippen LogP contribution in [0.1, 0.15) is 12.8 Å². The minimum absolute atomic E-state index is 0.0196. The van der Waals surface area contributed by atoms with E-state index < -0.39 is 4.92 Å². The van der Waals surface area contributed by atoms with E-state index in [1.165, 1.54) is 12.1 Å². The minimum Gasteiger partial charge on any atom is -0.380 e. The second-order valence-electron chi connectivity index (χ2n) is 4.24. The van der Waals surface area contributed by atoms with Crippen molar-refractivity contribution in [2.45, 2.75) is 12.8 Å². The van der Waals surface area contributed by atoms with Crippen molar-refractivity contribution < 1.29 is 4.92 Å². The molecule has 0 unspecified atom stereocenters. The second-order valence-corrected chi connectivity index (χ2v) is 4.24. The van der Waals surface area contributed by atoms with Gasteiger partial charge in [-0.25, -0.2) is 0 Å². The average Bonchev–Trinajstić information content (AvgIpc) is 2.83. The number of nitrogens with zero attached hydrogens (tertiary/aromatic N) is 4. The van der Waals surface area contributed by atoms with E-state index in [1.807, 2.05) is 0 Å². The summed E-state index contributed by atoms with van der Waals surface area (Å²) in [6.45, 7) is 3.64. The number of non-ortho nitro benzene ring substituents is 1. The molecule has 1 aliphatic heterocycles. The van der Waals surface area contributed by atoms with Crippen molar-refractivity contribution in [1.29, 1.82) is 0 Å². The van der Waals surface area contributed by atoms with Crippen molar-refractivity contribution in [3.05, 3.63) is 47.0 Å². The Bertz CT molecular complexity index is 662. The molecule has 0 radical (unpaired) electrons. The molecule has 3 N–H and O–H groups in total. The Morgan fingerprint density at radius 3 is 3.00 bits per heavy atom. The predicted octanol–water partition coefficient (Wildman–Crippen LogP) is 2.06. The molecule has 21 heavy (non-hydrogen) atoms. The van der Waals surface area contributed by atoms with Crippen LogP contribution in [0.5, 0.6) is 0 Å². The van der Waals surface area contributed by atoms with Gasteiger partial charge in [0.2, 0.25) is 0 Å². The molecule has 1 aromatic rings. The van der Waals surface area contributed by atoms with Crippen molar-refractivity contribution in [3.8, 4) is 0 Å². The van der Waals surface area contributed by atoms with Crippen LogP contribution in [0, 0.1) is 10.1 Å². The summed E-state index contributed by atoms with van der Waals surface area (Å²) >= 11 is 0. The Hall–Kier alpha value is -3.03. The zero-order valence-electron chi connectivity index (χ0n) is 11.2. The number of hydrogen-bond acceptors (Lipinski definition) is 7. The van der Waals surface area contributed by atoms with Gasteiger partial charge in [-0.05, 0) is 18.9 Å². The molecule has 1 aromatic carbocycles. The average molecular weight is 286 g/mol. The van der Waals surface area contributed by atoms with Gasteiger partial charge >= 0.3 is 0 Å². The first kappa shape index (κ1) is 14.4. The van der Waals surface area contributed by atoms with Crippen molar-refractivity contribution in [1.82, 2.24) is 0 Å². The van der Waals surface area contributed by atoms with Gasteiger partial charge < -0.3 is 5.73 Å². The summed E-state index contributed by atoms with van der Waals surface area (Å²) in [6.07, 6.45) is 3.13. The van der Waals surface area contributed by atoms with E-state index in [0.29, 0.717) is 23.5 Å². The molecule has 0 atom stereocenters. The Kier molecular flexibility index (Phi) is 4.39. The van der Waals surface area contributed by atoms with Gasteiger partial charge in [-0.15, -0.1) is 11.7 Å². The SMILES string of the molecule is C=CCCC1=NN=C(N)/C1=N/Nc1cccc([N+](=O)[O-])c1. The highest BCUT2D eigenvalue weighted by molar-refractivity contribution is 6.69. The van der Waals surface area contributed by atoms with Gasteiger partial charge in [0, 0.05) is 12.1 Å².